The summed E-state index contributed by atoms with van der Waals surface area (Å²) in [6, 6.07) is 0. The fraction of sp³-hybridized carbons (Fsp3) is 0.667. The first-order valence-electron chi connectivity index (χ1n) is 3.52. The Kier molecular flexibility index (Phi) is 5.48. The number of rotatable bonds is 1. The summed E-state index contributed by atoms with van der Waals surface area (Å²) in [6.07, 6.45) is 4.20. The normalized spacial score (nSPS) is 15.0. The number of hydrogen-bond donors (Lipinski definition) is 2. The molecule has 0 saturated heterocycles. The Morgan fingerprint density at radius 3 is 2.17 bits per heavy atom. The second kappa shape index (κ2) is 5.84. The lowest BCUT2D eigenvalue weighted by atomic mass is 10.6. The van der Waals surface area contributed by atoms with Gasteiger partial charge in [-0.25, -0.2) is 8.42 Å². The minimum absolute atomic E-state index is 1.05. The number of hydrogen-bond acceptors (Lipinski definition) is 4. The molecule has 1 N–H and O–H groups in total. The third-order valence-corrected chi connectivity index (χ3v) is 1.34. The largest absolute Gasteiger partial charge is 0.362 e. The Hall–Kier alpha value is -0.750. The molecule has 0 radical (unpaired) electrons. The lowest BCUT2D eigenvalue weighted by Gasteiger charge is -2.14. The lowest BCUT2D eigenvalue weighted by molar-refractivity contribution is 0.308. The molecule has 0 bridgehead atoms. The van der Waals surface area contributed by atoms with E-state index in [1.165, 1.54) is 0 Å². The van der Waals surface area contributed by atoms with E-state index in [-0.39, 0.29) is 0 Å². The average molecular weight is 194 g/mol. The average Bonchev–Trinajstić information content (AvgIpc) is 2.34. The standard InChI is InChI=1S/C6H12N2.H2O3S/c1-3-8-5-4-7(2)6-8;1-4(2)3/h4-5H,3,6H2,1-2H3;4H,(H,1,2,3). The first kappa shape index (κ1) is 11.2. The molecule has 0 aliphatic carbocycles. The summed E-state index contributed by atoms with van der Waals surface area (Å²) in [5.74, 6) is 0. The van der Waals surface area contributed by atoms with Gasteiger partial charge in [-0.05, 0) is 6.92 Å². The van der Waals surface area contributed by atoms with Gasteiger partial charge in [-0.15, -0.1) is 0 Å². The van der Waals surface area contributed by atoms with E-state index in [2.05, 4.69) is 36.2 Å². The van der Waals surface area contributed by atoms with Crippen LogP contribution in [0.15, 0.2) is 12.4 Å². The van der Waals surface area contributed by atoms with Crippen molar-refractivity contribution in [1.82, 2.24) is 9.80 Å². The Labute approximate surface area is 74.1 Å². The molecule has 1 heterocycles. The topological polar surface area (TPSA) is 60.9 Å². The zero-order valence-electron chi connectivity index (χ0n) is 7.17. The van der Waals surface area contributed by atoms with Crippen molar-refractivity contribution in [3.63, 3.8) is 0 Å². The molecule has 1 aliphatic heterocycles. The van der Waals surface area contributed by atoms with E-state index in [9.17, 15) is 0 Å². The summed E-state index contributed by atoms with van der Waals surface area (Å²) in [7, 11) is -1.04. The van der Waals surface area contributed by atoms with Crippen LogP contribution in [0.2, 0.25) is 0 Å². The van der Waals surface area contributed by atoms with Crippen molar-refractivity contribution in [2.45, 2.75) is 6.92 Å². The van der Waals surface area contributed by atoms with Gasteiger partial charge in [0.25, 0.3) is 11.0 Å². The summed E-state index contributed by atoms with van der Waals surface area (Å²) >= 11 is 0. The van der Waals surface area contributed by atoms with E-state index in [4.69, 9.17) is 13.0 Å². The van der Waals surface area contributed by atoms with Crippen LogP contribution in [0.3, 0.4) is 0 Å². The van der Waals surface area contributed by atoms with Gasteiger partial charge in [-0.3, -0.25) is 4.55 Å². The Morgan fingerprint density at radius 2 is 2.00 bits per heavy atom. The zero-order valence-corrected chi connectivity index (χ0v) is 8.07. The molecule has 0 amide bonds. The van der Waals surface area contributed by atoms with E-state index in [1.807, 2.05) is 0 Å². The van der Waals surface area contributed by atoms with Crippen LogP contribution in [0.1, 0.15) is 6.92 Å². The fourth-order valence-corrected chi connectivity index (χ4v) is 0.794. The van der Waals surface area contributed by atoms with Gasteiger partial charge in [0.2, 0.25) is 0 Å². The molecular formula is C6H14N2O3S. The quantitative estimate of drug-likeness (QED) is 0.445. The van der Waals surface area contributed by atoms with Crippen LogP contribution in [0.4, 0.5) is 0 Å². The van der Waals surface area contributed by atoms with Gasteiger partial charge in [0.05, 0.1) is 6.67 Å². The molecule has 0 spiro atoms. The van der Waals surface area contributed by atoms with Crippen LogP contribution in [0.25, 0.3) is 0 Å². The first-order chi connectivity index (χ1) is 5.56. The zero-order chi connectivity index (χ0) is 9.56. The highest BCUT2D eigenvalue weighted by atomic mass is 32.2. The molecule has 1 aliphatic rings. The van der Waals surface area contributed by atoms with Crippen molar-refractivity contribution in [3.8, 4) is 0 Å². The highest BCUT2D eigenvalue weighted by molar-refractivity contribution is 7.66. The second-order valence-corrected chi connectivity index (χ2v) is 2.82. The van der Waals surface area contributed by atoms with Crippen molar-refractivity contribution in [1.29, 1.82) is 0 Å². The molecule has 0 unspecified atom stereocenters. The Morgan fingerprint density at radius 1 is 1.50 bits per heavy atom. The van der Waals surface area contributed by atoms with Crippen LogP contribution < -0.4 is 0 Å². The Balaban J connectivity index is 0.000000261. The minimum atomic E-state index is -3.12. The summed E-state index contributed by atoms with van der Waals surface area (Å²) in [4.78, 5) is 4.41. The first-order valence-corrected chi connectivity index (χ1v) is 4.65. The molecule has 0 aromatic rings. The van der Waals surface area contributed by atoms with Crippen LogP contribution in [0.5, 0.6) is 0 Å². The maximum absolute atomic E-state index is 8.59. The minimum Gasteiger partial charge on any atom is -0.362 e. The Bertz CT molecular complexity index is 207. The van der Waals surface area contributed by atoms with Gasteiger partial charge in [-0.1, -0.05) is 0 Å². The van der Waals surface area contributed by atoms with Crippen molar-refractivity contribution in [3.05, 3.63) is 12.4 Å². The monoisotopic (exact) mass is 194 g/mol. The van der Waals surface area contributed by atoms with Gasteiger partial charge < -0.3 is 9.80 Å². The SMILES string of the molecule is CCN1C=CN(C)C1.O=[SH](=O)O. The van der Waals surface area contributed by atoms with Gasteiger partial charge in [0.15, 0.2) is 0 Å². The summed E-state index contributed by atoms with van der Waals surface area (Å²) < 4.78 is 24.2. The molecule has 12 heavy (non-hydrogen) atoms. The molecule has 5 nitrogen and oxygen atoms in total. The van der Waals surface area contributed by atoms with Gasteiger partial charge in [0.1, 0.15) is 0 Å². The van der Waals surface area contributed by atoms with Crippen molar-refractivity contribution < 1.29 is 13.0 Å². The molecule has 6 heteroatoms. The van der Waals surface area contributed by atoms with Crippen LogP contribution in [-0.2, 0) is 11.0 Å². The van der Waals surface area contributed by atoms with Gasteiger partial charge in [0, 0.05) is 26.0 Å². The third kappa shape index (κ3) is 5.99. The van der Waals surface area contributed by atoms with Crippen molar-refractivity contribution >= 4 is 11.0 Å². The molecule has 0 saturated carbocycles. The third-order valence-electron chi connectivity index (χ3n) is 1.34. The molecule has 0 aromatic heterocycles. The van der Waals surface area contributed by atoms with Crippen LogP contribution in [-0.4, -0.2) is 43.0 Å². The van der Waals surface area contributed by atoms with E-state index < -0.39 is 11.0 Å². The summed E-state index contributed by atoms with van der Waals surface area (Å²) in [5.41, 5.74) is 0. The van der Waals surface area contributed by atoms with Crippen molar-refractivity contribution in [2.75, 3.05) is 20.3 Å². The summed E-state index contributed by atoms with van der Waals surface area (Å²) in [6.45, 7) is 4.32. The molecule has 0 aromatic carbocycles. The molecule has 72 valence electrons. The number of nitrogens with zero attached hydrogens (tertiary/aromatic N) is 2. The van der Waals surface area contributed by atoms with Gasteiger partial charge >= 0.3 is 0 Å². The van der Waals surface area contributed by atoms with E-state index in [1.54, 1.807) is 0 Å². The van der Waals surface area contributed by atoms with E-state index in [0.717, 1.165) is 13.2 Å². The molecule has 0 fully saturated rings. The highest BCUT2D eigenvalue weighted by Gasteiger charge is 2.03. The highest BCUT2D eigenvalue weighted by Crippen LogP contribution is 2.00. The second-order valence-electron chi connectivity index (χ2n) is 2.34. The molecular weight excluding hydrogens is 180 g/mol. The fourth-order valence-electron chi connectivity index (χ4n) is 0.794. The van der Waals surface area contributed by atoms with Crippen LogP contribution in [0, 0.1) is 0 Å². The molecule has 0 atom stereocenters. The van der Waals surface area contributed by atoms with E-state index >= 15 is 0 Å². The predicted molar refractivity (Wildman–Crippen MR) is 47.1 cm³/mol. The van der Waals surface area contributed by atoms with E-state index in [0.29, 0.717) is 0 Å². The summed E-state index contributed by atoms with van der Waals surface area (Å²) in [5, 5.41) is 0. The smallest absolute Gasteiger partial charge is 0.254 e. The van der Waals surface area contributed by atoms with Crippen molar-refractivity contribution in [2.24, 2.45) is 0 Å². The molecule has 1 rings (SSSR count). The maximum Gasteiger partial charge on any atom is 0.254 e. The number of thiol groups is 1. The van der Waals surface area contributed by atoms with Crippen LogP contribution >= 0.6 is 0 Å². The predicted octanol–water partition coefficient (Wildman–Crippen LogP) is -0.247. The maximum atomic E-state index is 8.59. The van der Waals surface area contributed by atoms with Gasteiger partial charge in [-0.2, -0.15) is 0 Å². The lowest BCUT2D eigenvalue weighted by Crippen LogP contribution is -2.21.